The third-order valence-corrected chi connectivity index (χ3v) is 6.62. The molecule has 1 aliphatic rings. The lowest BCUT2D eigenvalue weighted by molar-refractivity contribution is -0.150. The van der Waals surface area contributed by atoms with Gasteiger partial charge in [-0.1, -0.05) is 47.1 Å². The van der Waals surface area contributed by atoms with Gasteiger partial charge in [-0.15, -0.1) is 0 Å². The van der Waals surface area contributed by atoms with E-state index >= 15 is 0 Å². The number of esters is 2. The fourth-order valence-electron chi connectivity index (χ4n) is 3.58. The first-order chi connectivity index (χ1) is 17.2. The summed E-state index contributed by atoms with van der Waals surface area (Å²) in [6, 6.07) is 12.6. The molecule has 0 spiro atoms. The zero-order valence-electron chi connectivity index (χ0n) is 19.0. The minimum absolute atomic E-state index is 0.0689. The van der Waals surface area contributed by atoms with Gasteiger partial charge in [0.25, 0.3) is 0 Å². The number of carbonyl (C=O) groups is 4. The molecule has 0 saturated carbocycles. The van der Waals surface area contributed by atoms with Gasteiger partial charge >= 0.3 is 11.9 Å². The molecule has 0 bridgehead atoms. The van der Waals surface area contributed by atoms with Crippen molar-refractivity contribution < 1.29 is 28.7 Å². The number of rotatable bonds is 7. The van der Waals surface area contributed by atoms with Crippen LogP contribution in [0.1, 0.15) is 21.8 Å². The van der Waals surface area contributed by atoms with Crippen LogP contribution in [0.5, 0.6) is 0 Å². The van der Waals surface area contributed by atoms with Gasteiger partial charge in [-0.2, -0.15) is 5.26 Å². The Morgan fingerprint density at radius 2 is 1.72 bits per heavy atom. The highest BCUT2D eigenvalue weighted by atomic mass is 35.5. The van der Waals surface area contributed by atoms with Gasteiger partial charge in [0.05, 0.1) is 42.2 Å². The summed E-state index contributed by atoms with van der Waals surface area (Å²) in [7, 11) is 2.38. The Kier molecular flexibility index (Phi) is 8.98. The zero-order valence-corrected chi connectivity index (χ0v) is 21.3. The SMILES string of the molecule is COC(=O)c1ccc([C@H]2C(C#N)=C(SCC(=O)Nc3cc(Cl)cc(Cl)c3)NC(=O)[C@@H]2C(=O)OC)cc1. The van der Waals surface area contributed by atoms with Crippen LogP contribution in [-0.2, 0) is 23.9 Å². The molecule has 2 amide bonds. The third-order valence-electron chi connectivity index (χ3n) is 5.17. The quantitative estimate of drug-likeness (QED) is 0.393. The molecule has 0 aromatic heterocycles. The van der Waals surface area contributed by atoms with Crippen LogP contribution in [0.2, 0.25) is 10.0 Å². The van der Waals surface area contributed by atoms with Gasteiger partial charge in [-0.25, -0.2) is 4.79 Å². The fourth-order valence-corrected chi connectivity index (χ4v) is 4.96. The number of nitrogens with one attached hydrogen (secondary N) is 2. The molecule has 0 saturated heterocycles. The topological polar surface area (TPSA) is 135 Å². The Morgan fingerprint density at radius 1 is 1.08 bits per heavy atom. The molecule has 2 atom stereocenters. The molecule has 9 nitrogen and oxygen atoms in total. The molecular formula is C24H19Cl2N3O6S. The number of carbonyl (C=O) groups excluding carboxylic acids is 4. The molecule has 0 radical (unpaired) electrons. The number of hydrogen-bond donors (Lipinski definition) is 2. The van der Waals surface area contributed by atoms with E-state index in [2.05, 4.69) is 10.6 Å². The van der Waals surface area contributed by atoms with Crippen molar-refractivity contribution in [3.8, 4) is 6.07 Å². The number of ether oxygens (including phenoxy) is 2. The van der Waals surface area contributed by atoms with Crippen LogP contribution in [-0.4, -0.2) is 43.7 Å². The van der Waals surface area contributed by atoms with Crippen LogP contribution in [0.4, 0.5) is 5.69 Å². The second-order valence-corrected chi connectivity index (χ2v) is 9.29. The molecule has 0 fully saturated rings. The molecule has 2 N–H and O–H groups in total. The van der Waals surface area contributed by atoms with Crippen molar-refractivity contribution in [2.24, 2.45) is 5.92 Å². The number of allylic oxidation sites excluding steroid dienone is 1. The summed E-state index contributed by atoms with van der Waals surface area (Å²) < 4.78 is 9.49. The molecule has 36 heavy (non-hydrogen) atoms. The zero-order chi connectivity index (χ0) is 26.4. The van der Waals surface area contributed by atoms with E-state index in [1.165, 1.54) is 49.6 Å². The Balaban J connectivity index is 1.91. The Bertz CT molecular complexity index is 1270. The molecule has 3 rings (SSSR count). The van der Waals surface area contributed by atoms with Crippen molar-refractivity contribution in [2.75, 3.05) is 25.3 Å². The summed E-state index contributed by atoms with van der Waals surface area (Å²) in [5.41, 5.74) is 1.14. The van der Waals surface area contributed by atoms with Crippen molar-refractivity contribution in [1.82, 2.24) is 5.32 Å². The summed E-state index contributed by atoms with van der Waals surface area (Å²) >= 11 is 12.8. The molecular weight excluding hydrogens is 529 g/mol. The van der Waals surface area contributed by atoms with E-state index in [0.717, 1.165) is 18.9 Å². The average molecular weight is 548 g/mol. The van der Waals surface area contributed by atoms with Crippen LogP contribution in [0, 0.1) is 17.2 Å². The molecule has 0 aliphatic carbocycles. The van der Waals surface area contributed by atoms with E-state index < -0.39 is 35.6 Å². The minimum Gasteiger partial charge on any atom is -0.468 e. The average Bonchev–Trinajstić information content (AvgIpc) is 2.85. The van der Waals surface area contributed by atoms with Crippen molar-refractivity contribution in [1.29, 1.82) is 5.26 Å². The smallest absolute Gasteiger partial charge is 0.337 e. The van der Waals surface area contributed by atoms with Crippen LogP contribution in [0.15, 0.2) is 53.1 Å². The van der Waals surface area contributed by atoms with Crippen LogP contribution in [0.3, 0.4) is 0 Å². The summed E-state index contributed by atoms with van der Waals surface area (Å²) in [6.07, 6.45) is 0. The maximum absolute atomic E-state index is 12.9. The van der Waals surface area contributed by atoms with E-state index in [1.807, 2.05) is 6.07 Å². The number of hydrogen-bond acceptors (Lipinski definition) is 8. The van der Waals surface area contributed by atoms with Crippen molar-refractivity contribution in [2.45, 2.75) is 5.92 Å². The fraction of sp³-hybridized carbons (Fsp3) is 0.208. The van der Waals surface area contributed by atoms with Gasteiger partial charge in [0.15, 0.2) is 0 Å². The summed E-state index contributed by atoms with van der Waals surface area (Å²) in [5.74, 6) is -5.03. The monoisotopic (exact) mass is 547 g/mol. The maximum atomic E-state index is 12.9. The van der Waals surface area contributed by atoms with Crippen molar-refractivity contribution in [3.05, 3.63) is 74.2 Å². The van der Waals surface area contributed by atoms with E-state index in [9.17, 15) is 24.4 Å². The van der Waals surface area contributed by atoms with Crippen molar-refractivity contribution >= 4 is 64.4 Å². The first-order valence-corrected chi connectivity index (χ1v) is 12.0. The Morgan fingerprint density at radius 3 is 2.28 bits per heavy atom. The van der Waals surface area contributed by atoms with Gasteiger partial charge in [0, 0.05) is 21.7 Å². The van der Waals surface area contributed by atoms with Gasteiger partial charge < -0.3 is 20.1 Å². The second-order valence-electron chi connectivity index (χ2n) is 7.43. The number of halogens is 2. The third kappa shape index (κ3) is 6.18. The number of nitrogens with zero attached hydrogens (tertiary/aromatic N) is 1. The number of methoxy groups -OCH3 is 2. The first kappa shape index (κ1) is 27.1. The molecule has 1 heterocycles. The number of nitriles is 1. The highest BCUT2D eigenvalue weighted by molar-refractivity contribution is 8.03. The minimum atomic E-state index is -1.35. The molecule has 186 valence electrons. The van der Waals surface area contributed by atoms with Gasteiger partial charge in [0.1, 0.15) is 5.92 Å². The van der Waals surface area contributed by atoms with Crippen LogP contribution in [0.25, 0.3) is 0 Å². The number of anilines is 1. The Labute approximate surface area is 220 Å². The number of amides is 2. The first-order valence-electron chi connectivity index (χ1n) is 10.3. The van der Waals surface area contributed by atoms with E-state index in [0.29, 0.717) is 21.3 Å². The standard InChI is InChI=1S/C24H19Cl2N3O6S/c1-34-23(32)13-5-3-12(4-6-13)19-17(10-27)22(29-21(31)20(19)24(33)35-2)36-11-18(30)28-16-8-14(25)7-15(26)9-16/h3-9,19-20H,11H2,1-2H3,(H,28,30)(H,29,31)/t19-,20+/m0/s1. The highest BCUT2D eigenvalue weighted by Gasteiger charge is 2.44. The van der Waals surface area contributed by atoms with E-state index in [4.69, 9.17) is 32.7 Å². The van der Waals surface area contributed by atoms with E-state index in [-0.39, 0.29) is 21.9 Å². The second kappa shape index (κ2) is 11.9. The van der Waals surface area contributed by atoms with Crippen LogP contribution < -0.4 is 10.6 Å². The predicted molar refractivity (Wildman–Crippen MR) is 134 cm³/mol. The molecule has 1 aliphatic heterocycles. The summed E-state index contributed by atoms with van der Waals surface area (Å²) in [4.78, 5) is 49.7. The Hall–Kier alpha value is -3.52. The van der Waals surface area contributed by atoms with Crippen LogP contribution >= 0.6 is 35.0 Å². The largest absolute Gasteiger partial charge is 0.468 e. The molecule has 2 aromatic carbocycles. The van der Waals surface area contributed by atoms with E-state index in [1.54, 1.807) is 0 Å². The molecule has 12 heteroatoms. The maximum Gasteiger partial charge on any atom is 0.337 e. The number of thioether (sulfide) groups is 1. The summed E-state index contributed by atoms with van der Waals surface area (Å²) in [5, 5.41) is 16.0. The lowest BCUT2D eigenvalue weighted by Crippen LogP contribution is -2.44. The lowest BCUT2D eigenvalue weighted by Gasteiger charge is -2.31. The van der Waals surface area contributed by atoms with Crippen molar-refractivity contribution in [3.63, 3.8) is 0 Å². The molecule has 0 unspecified atom stereocenters. The van der Waals surface area contributed by atoms with Gasteiger partial charge in [-0.05, 0) is 35.9 Å². The number of benzene rings is 2. The highest BCUT2D eigenvalue weighted by Crippen LogP contribution is 2.40. The predicted octanol–water partition coefficient (Wildman–Crippen LogP) is 3.89. The van der Waals surface area contributed by atoms with Gasteiger partial charge in [-0.3, -0.25) is 14.4 Å². The normalized spacial score (nSPS) is 17.0. The lowest BCUT2D eigenvalue weighted by atomic mass is 9.78. The molecule has 2 aromatic rings. The summed E-state index contributed by atoms with van der Waals surface area (Å²) in [6.45, 7) is 0. The van der Waals surface area contributed by atoms with Gasteiger partial charge in [0.2, 0.25) is 11.8 Å².